The second-order valence-corrected chi connectivity index (χ2v) is 9.92. The number of rotatable bonds is 13. The van der Waals surface area contributed by atoms with Gasteiger partial charge in [-0.3, -0.25) is 4.79 Å². The molecule has 0 bridgehead atoms. The van der Waals surface area contributed by atoms with E-state index in [4.69, 9.17) is 19.2 Å². The molecule has 0 aliphatic rings. The molecule has 10 nitrogen and oxygen atoms in total. The van der Waals surface area contributed by atoms with E-state index in [9.17, 15) is 9.59 Å². The lowest BCUT2D eigenvalue weighted by Gasteiger charge is -2.11. The van der Waals surface area contributed by atoms with Gasteiger partial charge in [0.1, 0.15) is 11.4 Å². The summed E-state index contributed by atoms with van der Waals surface area (Å²) in [6, 6.07) is 17.8. The van der Waals surface area contributed by atoms with Crippen LogP contribution in [-0.4, -0.2) is 60.9 Å². The van der Waals surface area contributed by atoms with E-state index >= 15 is 0 Å². The number of aromatic amines is 1. The summed E-state index contributed by atoms with van der Waals surface area (Å²) in [7, 11) is 4.51. The van der Waals surface area contributed by atoms with Crippen LogP contribution in [0.4, 0.5) is 11.4 Å². The Morgan fingerprint density at radius 2 is 1.86 bits per heavy atom. The largest absolute Gasteiger partial charge is 0.497 e. The molecule has 0 unspecified atom stereocenters. The highest BCUT2D eigenvalue weighted by Crippen LogP contribution is 2.33. The van der Waals surface area contributed by atoms with E-state index in [-0.39, 0.29) is 24.6 Å². The summed E-state index contributed by atoms with van der Waals surface area (Å²) in [5.41, 5.74) is 5.13. The molecule has 5 rings (SSSR count). The number of pyridine rings is 1. The molecule has 0 saturated heterocycles. The number of para-hydroxylation sites is 1. The molecule has 5 aromatic rings. The minimum Gasteiger partial charge on any atom is -0.497 e. The van der Waals surface area contributed by atoms with Crippen LogP contribution < -0.4 is 15.4 Å². The van der Waals surface area contributed by atoms with Crippen LogP contribution in [0.25, 0.3) is 28.0 Å². The van der Waals surface area contributed by atoms with Crippen LogP contribution in [0.2, 0.25) is 0 Å². The van der Waals surface area contributed by atoms with Gasteiger partial charge in [0.25, 0.3) is 0 Å². The fourth-order valence-corrected chi connectivity index (χ4v) is 5.03. The molecular weight excluding hydrogens is 546 g/mol. The number of fused-ring (bicyclic) bond motifs is 2. The average Bonchev–Trinajstić information content (AvgIpc) is 3.59. The second kappa shape index (κ2) is 13.7. The van der Waals surface area contributed by atoms with E-state index in [2.05, 4.69) is 21.7 Å². The Bertz CT molecular complexity index is 1750. The van der Waals surface area contributed by atoms with E-state index in [1.807, 2.05) is 71.4 Å². The van der Waals surface area contributed by atoms with Crippen molar-refractivity contribution in [3.8, 4) is 5.75 Å². The molecule has 0 radical (unpaired) electrons. The number of nitrogens with one attached hydrogen (secondary N) is 3. The van der Waals surface area contributed by atoms with Gasteiger partial charge in [0.05, 0.1) is 44.8 Å². The van der Waals surface area contributed by atoms with E-state index in [1.54, 1.807) is 13.3 Å². The molecule has 3 N–H and O–H groups in total. The summed E-state index contributed by atoms with van der Waals surface area (Å²) >= 11 is 0. The topological polar surface area (TPSA) is 120 Å². The number of aromatic nitrogens is 3. The van der Waals surface area contributed by atoms with Gasteiger partial charge in [0, 0.05) is 42.7 Å². The van der Waals surface area contributed by atoms with Crippen LogP contribution in [-0.2, 0) is 27.2 Å². The SMILES string of the molecule is COCCC(=O)Nc1c(C(=O)OC)n(CCc2c[nH]c3ccccc23)c2ncc(NC/C=C/c3ccc(OC)cc3)cc12. The van der Waals surface area contributed by atoms with Crippen LogP contribution in [0.5, 0.6) is 5.75 Å². The van der Waals surface area contributed by atoms with Gasteiger partial charge < -0.3 is 34.4 Å². The molecule has 43 heavy (non-hydrogen) atoms. The number of esters is 1. The van der Waals surface area contributed by atoms with Crippen LogP contribution in [0.3, 0.4) is 0 Å². The van der Waals surface area contributed by atoms with Crippen molar-refractivity contribution < 1.29 is 23.8 Å². The number of H-pyrrole nitrogens is 1. The highest BCUT2D eigenvalue weighted by atomic mass is 16.5. The van der Waals surface area contributed by atoms with Crippen molar-refractivity contribution in [3.63, 3.8) is 0 Å². The summed E-state index contributed by atoms with van der Waals surface area (Å²) in [4.78, 5) is 34.1. The van der Waals surface area contributed by atoms with Gasteiger partial charge in [-0.1, -0.05) is 42.5 Å². The van der Waals surface area contributed by atoms with Crippen molar-refractivity contribution in [2.24, 2.45) is 0 Å². The summed E-state index contributed by atoms with van der Waals surface area (Å²) in [5, 5.41) is 8.04. The Hall–Kier alpha value is -5.09. The Kier molecular flexibility index (Phi) is 9.38. The lowest BCUT2D eigenvalue weighted by atomic mass is 10.1. The van der Waals surface area contributed by atoms with E-state index in [0.29, 0.717) is 36.2 Å². The summed E-state index contributed by atoms with van der Waals surface area (Å²) in [6.45, 7) is 1.24. The predicted octanol–water partition coefficient (Wildman–Crippen LogP) is 5.66. The highest BCUT2D eigenvalue weighted by Gasteiger charge is 2.26. The molecule has 0 aliphatic carbocycles. The van der Waals surface area contributed by atoms with Gasteiger partial charge >= 0.3 is 5.97 Å². The van der Waals surface area contributed by atoms with Gasteiger partial charge in [-0.15, -0.1) is 0 Å². The van der Waals surface area contributed by atoms with Gasteiger partial charge in [-0.2, -0.15) is 0 Å². The molecule has 1 amide bonds. The number of carbonyl (C=O) groups excluding carboxylic acids is 2. The number of carbonyl (C=O) groups is 2. The number of aryl methyl sites for hydroxylation is 2. The number of ether oxygens (including phenoxy) is 3. The fraction of sp³-hybridized carbons (Fsp3) is 0.242. The second-order valence-electron chi connectivity index (χ2n) is 9.92. The molecule has 222 valence electrons. The monoisotopic (exact) mass is 581 g/mol. The molecule has 3 heterocycles. The first-order chi connectivity index (χ1) is 21.0. The molecule has 0 aliphatic heterocycles. The van der Waals surface area contributed by atoms with Crippen molar-refractivity contribution in [1.82, 2.24) is 14.5 Å². The third-order valence-electron chi connectivity index (χ3n) is 7.20. The zero-order chi connectivity index (χ0) is 30.2. The fourth-order valence-electron chi connectivity index (χ4n) is 5.03. The van der Waals surface area contributed by atoms with Gasteiger partial charge in [0.15, 0.2) is 5.69 Å². The molecule has 0 fully saturated rings. The van der Waals surface area contributed by atoms with E-state index in [1.165, 1.54) is 14.2 Å². The van der Waals surface area contributed by atoms with E-state index in [0.717, 1.165) is 33.5 Å². The van der Waals surface area contributed by atoms with Crippen LogP contribution in [0, 0.1) is 0 Å². The Morgan fingerprint density at radius 3 is 2.63 bits per heavy atom. The standard InChI is InChI=1S/C33H35N5O5/c1-41-18-15-29(39)37-30-27-19-24(34-16-6-7-22-10-12-25(42-2)13-11-22)21-36-32(27)38(31(30)33(40)43-3)17-14-23-20-35-28-9-5-4-8-26(23)28/h4-13,19-21,34-35H,14-18H2,1-3H3,(H,37,39)/b7-6+. The minimum atomic E-state index is -0.559. The molecule has 3 aromatic heterocycles. The third kappa shape index (κ3) is 6.70. The number of benzene rings is 2. The first kappa shape index (κ1) is 29.4. The summed E-state index contributed by atoms with van der Waals surface area (Å²) in [6.07, 6.45) is 8.50. The smallest absolute Gasteiger partial charge is 0.356 e. The summed E-state index contributed by atoms with van der Waals surface area (Å²) < 4.78 is 17.3. The first-order valence-corrected chi connectivity index (χ1v) is 14.0. The van der Waals surface area contributed by atoms with Gasteiger partial charge in [-0.25, -0.2) is 9.78 Å². The molecule has 0 spiro atoms. The van der Waals surface area contributed by atoms with Crippen LogP contribution in [0.1, 0.15) is 28.0 Å². The molecule has 0 atom stereocenters. The Labute approximate surface area is 249 Å². The number of methoxy groups -OCH3 is 3. The maximum atomic E-state index is 13.2. The highest BCUT2D eigenvalue weighted by molar-refractivity contribution is 6.11. The van der Waals surface area contributed by atoms with Gasteiger partial charge in [-0.05, 0) is 41.8 Å². The summed E-state index contributed by atoms with van der Waals surface area (Å²) in [5.74, 6) is -0.0288. The van der Waals surface area contributed by atoms with Crippen molar-refractivity contribution >= 4 is 51.3 Å². The average molecular weight is 582 g/mol. The van der Waals surface area contributed by atoms with Crippen molar-refractivity contribution in [2.75, 3.05) is 45.1 Å². The quantitative estimate of drug-likeness (QED) is 0.154. The third-order valence-corrected chi connectivity index (χ3v) is 7.20. The van der Waals surface area contributed by atoms with Crippen LogP contribution >= 0.6 is 0 Å². The van der Waals surface area contributed by atoms with Crippen LogP contribution in [0.15, 0.2) is 73.1 Å². The maximum absolute atomic E-state index is 13.2. The first-order valence-electron chi connectivity index (χ1n) is 14.0. The van der Waals surface area contributed by atoms with Crippen molar-refractivity contribution in [1.29, 1.82) is 0 Å². The zero-order valence-electron chi connectivity index (χ0n) is 24.5. The number of amides is 1. The number of anilines is 2. The predicted molar refractivity (Wildman–Crippen MR) is 169 cm³/mol. The van der Waals surface area contributed by atoms with Crippen molar-refractivity contribution in [3.05, 3.63) is 89.9 Å². The van der Waals surface area contributed by atoms with Gasteiger partial charge in [0.2, 0.25) is 5.91 Å². The Balaban J connectivity index is 1.46. The zero-order valence-corrected chi connectivity index (χ0v) is 24.5. The normalized spacial score (nSPS) is 11.3. The van der Waals surface area contributed by atoms with E-state index < -0.39 is 5.97 Å². The number of nitrogens with zero attached hydrogens (tertiary/aromatic N) is 2. The molecule has 2 aromatic carbocycles. The molecule has 0 saturated carbocycles. The number of hydrogen-bond acceptors (Lipinski definition) is 7. The maximum Gasteiger partial charge on any atom is 0.356 e. The molecule has 10 heteroatoms. The minimum absolute atomic E-state index is 0.140. The molecular formula is C33H35N5O5. The number of hydrogen-bond donors (Lipinski definition) is 3. The lowest BCUT2D eigenvalue weighted by Crippen LogP contribution is -2.18. The Morgan fingerprint density at radius 1 is 1.05 bits per heavy atom. The lowest BCUT2D eigenvalue weighted by molar-refractivity contribution is -0.117. The van der Waals surface area contributed by atoms with Crippen molar-refractivity contribution in [2.45, 2.75) is 19.4 Å².